The van der Waals surface area contributed by atoms with E-state index < -0.39 is 0 Å². The molecule has 0 saturated carbocycles. The molecule has 0 unspecified atom stereocenters. The molecule has 0 aliphatic heterocycles. The van der Waals surface area contributed by atoms with Crippen molar-refractivity contribution in [2.24, 2.45) is 5.92 Å². The van der Waals surface area contributed by atoms with Crippen molar-refractivity contribution < 1.29 is 18.7 Å². The van der Waals surface area contributed by atoms with E-state index in [2.05, 4.69) is 24.1 Å². The van der Waals surface area contributed by atoms with E-state index in [1.807, 2.05) is 30.3 Å². The number of hydrogen-bond donors (Lipinski definition) is 1. The first-order chi connectivity index (χ1) is 15.0. The largest absolute Gasteiger partial charge is 0.495 e. The molecule has 0 fully saturated rings. The second-order valence-corrected chi connectivity index (χ2v) is 7.59. The van der Waals surface area contributed by atoms with E-state index in [0.717, 1.165) is 16.8 Å². The number of fused-ring (bicyclic) bond motifs is 1. The van der Waals surface area contributed by atoms with Gasteiger partial charge in [-0.15, -0.1) is 0 Å². The number of ether oxygens (including phenoxy) is 2. The van der Waals surface area contributed by atoms with Crippen LogP contribution in [0.4, 0.5) is 5.69 Å². The number of nitrogens with one attached hydrogen (secondary N) is 1. The predicted molar refractivity (Wildman–Crippen MR) is 121 cm³/mol. The molecule has 3 aromatic carbocycles. The van der Waals surface area contributed by atoms with Crippen LogP contribution in [0.1, 0.15) is 24.2 Å². The van der Waals surface area contributed by atoms with E-state index in [4.69, 9.17) is 13.9 Å². The molecule has 6 heteroatoms. The van der Waals surface area contributed by atoms with Crippen molar-refractivity contribution in [2.45, 2.75) is 13.8 Å². The van der Waals surface area contributed by atoms with Gasteiger partial charge in [0.25, 0.3) is 5.91 Å². The molecule has 0 atom stereocenters. The van der Waals surface area contributed by atoms with Gasteiger partial charge in [0, 0.05) is 11.1 Å². The Balaban J connectivity index is 1.55. The van der Waals surface area contributed by atoms with Gasteiger partial charge in [-0.1, -0.05) is 26.0 Å². The molecular formula is C25H24N2O4. The summed E-state index contributed by atoms with van der Waals surface area (Å²) in [6.45, 7) is 4.81. The highest BCUT2D eigenvalue weighted by Gasteiger charge is 2.14. The molecule has 0 radical (unpaired) electrons. The zero-order chi connectivity index (χ0) is 21.8. The van der Waals surface area contributed by atoms with Crippen LogP contribution in [0.2, 0.25) is 0 Å². The summed E-state index contributed by atoms with van der Waals surface area (Å²) in [5, 5.41) is 2.92. The van der Waals surface area contributed by atoms with Gasteiger partial charge >= 0.3 is 0 Å². The highest BCUT2D eigenvalue weighted by molar-refractivity contribution is 6.05. The molecule has 4 aromatic rings. The van der Waals surface area contributed by atoms with Gasteiger partial charge < -0.3 is 19.2 Å². The number of carbonyl (C=O) groups is 1. The third kappa shape index (κ3) is 4.69. The lowest BCUT2D eigenvalue weighted by molar-refractivity contribution is 0.102. The SMILES string of the molecule is COc1ccc(-c2nc3ccccc3o2)cc1NC(=O)c1ccc(OCC(C)C)cc1. The Morgan fingerprint density at radius 3 is 2.55 bits per heavy atom. The van der Waals surface area contributed by atoms with Crippen LogP contribution >= 0.6 is 0 Å². The van der Waals surface area contributed by atoms with Crippen molar-refractivity contribution in [1.29, 1.82) is 0 Å². The van der Waals surface area contributed by atoms with Gasteiger partial charge in [0.2, 0.25) is 5.89 Å². The van der Waals surface area contributed by atoms with Crippen molar-refractivity contribution in [3.05, 3.63) is 72.3 Å². The zero-order valence-electron chi connectivity index (χ0n) is 17.7. The highest BCUT2D eigenvalue weighted by Crippen LogP contribution is 2.32. The average Bonchev–Trinajstić information content (AvgIpc) is 3.22. The molecule has 0 aliphatic rings. The van der Waals surface area contributed by atoms with Crippen LogP contribution in [0.15, 0.2) is 71.1 Å². The van der Waals surface area contributed by atoms with Crippen molar-refractivity contribution in [1.82, 2.24) is 4.98 Å². The Bertz CT molecular complexity index is 1160. The van der Waals surface area contributed by atoms with Crippen LogP contribution in [0.5, 0.6) is 11.5 Å². The maximum atomic E-state index is 12.8. The number of aromatic nitrogens is 1. The summed E-state index contributed by atoms with van der Waals surface area (Å²) in [6.07, 6.45) is 0. The molecule has 0 bridgehead atoms. The molecule has 6 nitrogen and oxygen atoms in total. The Kier molecular flexibility index (Phi) is 5.89. The lowest BCUT2D eigenvalue weighted by Gasteiger charge is -2.12. The fourth-order valence-electron chi connectivity index (χ4n) is 3.09. The highest BCUT2D eigenvalue weighted by atomic mass is 16.5. The van der Waals surface area contributed by atoms with E-state index in [1.54, 1.807) is 43.5 Å². The number of rotatable bonds is 7. The molecule has 1 N–H and O–H groups in total. The summed E-state index contributed by atoms with van der Waals surface area (Å²) < 4.78 is 16.9. The van der Waals surface area contributed by atoms with E-state index in [1.165, 1.54) is 0 Å². The number of methoxy groups -OCH3 is 1. The summed E-state index contributed by atoms with van der Waals surface area (Å²) >= 11 is 0. The van der Waals surface area contributed by atoms with Crippen LogP contribution in [-0.4, -0.2) is 24.6 Å². The Labute approximate surface area is 180 Å². The smallest absolute Gasteiger partial charge is 0.255 e. The van der Waals surface area contributed by atoms with Crippen molar-refractivity contribution in [3.63, 3.8) is 0 Å². The van der Waals surface area contributed by atoms with Gasteiger partial charge in [-0.2, -0.15) is 0 Å². The monoisotopic (exact) mass is 416 g/mol. The number of anilines is 1. The Morgan fingerprint density at radius 1 is 1.06 bits per heavy atom. The van der Waals surface area contributed by atoms with Gasteiger partial charge in [0.1, 0.15) is 17.0 Å². The van der Waals surface area contributed by atoms with Gasteiger partial charge in [0.05, 0.1) is 19.4 Å². The van der Waals surface area contributed by atoms with E-state index in [9.17, 15) is 4.79 Å². The average molecular weight is 416 g/mol. The van der Waals surface area contributed by atoms with Crippen molar-refractivity contribution >= 4 is 22.7 Å². The van der Waals surface area contributed by atoms with Crippen molar-refractivity contribution in [3.8, 4) is 23.0 Å². The minimum Gasteiger partial charge on any atom is -0.495 e. The van der Waals surface area contributed by atoms with Crippen molar-refractivity contribution in [2.75, 3.05) is 19.0 Å². The number of hydrogen-bond acceptors (Lipinski definition) is 5. The quantitative estimate of drug-likeness (QED) is 0.413. The lowest BCUT2D eigenvalue weighted by atomic mass is 10.1. The second-order valence-electron chi connectivity index (χ2n) is 7.59. The summed E-state index contributed by atoms with van der Waals surface area (Å²) in [7, 11) is 1.56. The minimum atomic E-state index is -0.247. The van der Waals surface area contributed by atoms with Crippen LogP contribution in [0.3, 0.4) is 0 Å². The number of amides is 1. The molecule has 4 rings (SSSR count). The third-order valence-corrected chi connectivity index (χ3v) is 4.69. The van der Waals surface area contributed by atoms with E-state index in [-0.39, 0.29) is 5.91 Å². The predicted octanol–water partition coefficient (Wildman–Crippen LogP) is 5.79. The molecule has 158 valence electrons. The summed E-state index contributed by atoms with van der Waals surface area (Å²) in [5.41, 5.74) is 3.28. The number of para-hydroxylation sites is 2. The number of benzene rings is 3. The van der Waals surface area contributed by atoms with Gasteiger partial charge in [0.15, 0.2) is 5.58 Å². The first kappa shape index (κ1) is 20.5. The van der Waals surface area contributed by atoms with Gasteiger partial charge in [-0.05, 0) is 60.5 Å². The van der Waals surface area contributed by atoms with Crippen LogP contribution in [-0.2, 0) is 0 Å². The Hall–Kier alpha value is -3.80. The van der Waals surface area contributed by atoms with E-state index >= 15 is 0 Å². The molecule has 0 aliphatic carbocycles. The van der Waals surface area contributed by atoms with Gasteiger partial charge in [-0.3, -0.25) is 4.79 Å². The molecule has 1 aromatic heterocycles. The van der Waals surface area contributed by atoms with Crippen LogP contribution < -0.4 is 14.8 Å². The molecule has 0 saturated heterocycles. The van der Waals surface area contributed by atoms with Gasteiger partial charge in [-0.25, -0.2) is 4.98 Å². The fraction of sp³-hybridized carbons (Fsp3) is 0.200. The van der Waals surface area contributed by atoms with Crippen LogP contribution in [0.25, 0.3) is 22.6 Å². The number of nitrogens with zero attached hydrogens (tertiary/aromatic N) is 1. The lowest BCUT2D eigenvalue weighted by Crippen LogP contribution is -2.13. The normalized spacial score (nSPS) is 11.0. The maximum Gasteiger partial charge on any atom is 0.255 e. The maximum absolute atomic E-state index is 12.8. The summed E-state index contributed by atoms with van der Waals surface area (Å²) in [5.74, 6) is 1.95. The standard InChI is InChI=1S/C25H24N2O4/c1-16(2)15-30-19-11-8-17(9-12-19)24(28)26-21-14-18(10-13-22(21)29-3)25-27-20-6-4-5-7-23(20)31-25/h4-14,16H,15H2,1-3H3,(H,26,28). The number of oxazole rings is 1. The van der Waals surface area contributed by atoms with Crippen LogP contribution in [0, 0.1) is 5.92 Å². The summed E-state index contributed by atoms with van der Waals surface area (Å²) in [4.78, 5) is 17.3. The van der Waals surface area contributed by atoms with E-state index in [0.29, 0.717) is 41.0 Å². The molecule has 1 heterocycles. The Morgan fingerprint density at radius 2 is 1.84 bits per heavy atom. The summed E-state index contributed by atoms with van der Waals surface area (Å²) in [6, 6.07) is 20.1. The first-order valence-corrected chi connectivity index (χ1v) is 10.1. The fourth-order valence-corrected chi connectivity index (χ4v) is 3.09. The first-order valence-electron chi connectivity index (χ1n) is 10.1. The third-order valence-electron chi connectivity index (χ3n) is 4.69. The number of carbonyl (C=O) groups excluding carboxylic acids is 1. The zero-order valence-corrected chi connectivity index (χ0v) is 17.7. The second kappa shape index (κ2) is 8.92. The molecular weight excluding hydrogens is 392 g/mol. The molecule has 31 heavy (non-hydrogen) atoms. The topological polar surface area (TPSA) is 73.6 Å². The minimum absolute atomic E-state index is 0.247. The molecule has 1 amide bonds. The molecule has 0 spiro atoms.